The first kappa shape index (κ1) is 23.9. The summed E-state index contributed by atoms with van der Waals surface area (Å²) in [5.41, 5.74) is 4.24. The van der Waals surface area contributed by atoms with Crippen LogP contribution >= 0.6 is 0 Å². The van der Waals surface area contributed by atoms with Crippen molar-refractivity contribution in [3.63, 3.8) is 0 Å². The minimum absolute atomic E-state index is 0.0930. The Morgan fingerprint density at radius 1 is 1.34 bits per heavy atom. The van der Waals surface area contributed by atoms with Gasteiger partial charge in [0.1, 0.15) is 5.75 Å². The molecule has 1 saturated heterocycles. The summed E-state index contributed by atoms with van der Waals surface area (Å²) < 4.78 is 27.1. The van der Waals surface area contributed by atoms with Crippen molar-refractivity contribution in [3.05, 3.63) is 69.8 Å². The SMILES string of the molecule is COc1cc(F)c([N+](=O)[O-])cc1Nc1ncc(C#CC2CCOC2)c(-c2cn3c4c(cccc24)CCC3)n1. The molecule has 2 aromatic carbocycles. The van der Waals surface area contributed by atoms with E-state index < -0.39 is 16.4 Å². The summed E-state index contributed by atoms with van der Waals surface area (Å²) in [6.45, 7) is 2.22. The summed E-state index contributed by atoms with van der Waals surface area (Å²) in [4.78, 5) is 19.8. The highest BCUT2D eigenvalue weighted by molar-refractivity contribution is 5.98. The lowest BCUT2D eigenvalue weighted by Crippen LogP contribution is -2.05. The van der Waals surface area contributed by atoms with Gasteiger partial charge in [0.25, 0.3) is 0 Å². The molecule has 6 rings (SSSR count). The summed E-state index contributed by atoms with van der Waals surface area (Å²) in [5, 5.41) is 15.4. The molecular formula is C28H24FN5O4. The average molecular weight is 514 g/mol. The number of rotatable bonds is 5. The largest absolute Gasteiger partial charge is 0.494 e. The van der Waals surface area contributed by atoms with Gasteiger partial charge in [-0.3, -0.25) is 10.1 Å². The van der Waals surface area contributed by atoms with Crippen molar-refractivity contribution in [2.75, 3.05) is 25.6 Å². The van der Waals surface area contributed by atoms with Crippen molar-refractivity contribution in [3.8, 4) is 28.8 Å². The van der Waals surface area contributed by atoms with E-state index in [1.165, 1.54) is 18.2 Å². The quantitative estimate of drug-likeness (QED) is 0.221. The second-order valence-electron chi connectivity index (χ2n) is 9.32. The summed E-state index contributed by atoms with van der Waals surface area (Å²) in [6, 6.07) is 8.34. The van der Waals surface area contributed by atoms with Crippen LogP contribution in [0, 0.1) is 33.7 Å². The molecule has 10 heteroatoms. The number of methoxy groups -OCH3 is 1. The minimum atomic E-state index is -0.991. The molecule has 0 bridgehead atoms. The van der Waals surface area contributed by atoms with E-state index in [0.29, 0.717) is 24.5 Å². The Labute approximate surface area is 217 Å². The predicted octanol–water partition coefficient (Wildman–Crippen LogP) is 5.23. The average Bonchev–Trinajstić information content (AvgIpc) is 3.58. The first-order valence-electron chi connectivity index (χ1n) is 12.4. The molecule has 1 N–H and O–H groups in total. The van der Waals surface area contributed by atoms with Crippen LogP contribution in [0.1, 0.15) is 24.0 Å². The standard InChI is InChI=1S/C28H24FN5O4/c1-37-25-12-22(29)24(34(35)36)13-23(25)31-28-30-14-19(8-7-17-9-11-38-16-17)26(32-28)21-15-33-10-3-5-18-4-2-6-20(21)27(18)33/h2,4,6,12-15,17H,3,5,9-11,16H2,1H3,(H,30,31,32). The lowest BCUT2D eigenvalue weighted by Gasteiger charge is -2.14. The van der Waals surface area contributed by atoms with Crippen LogP contribution in [0.2, 0.25) is 0 Å². The molecule has 2 aliphatic heterocycles. The lowest BCUT2D eigenvalue weighted by atomic mass is 10.0. The van der Waals surface area contributed by atoms with Crippen molar-refractivity contribution in [1.29, 1.82) is 0 Å². The number of para-hydroxylation sites is 1. The van der Waals surface area contributed by atoms with Gasteiger partial charge in [-0.1, -0.05) is 30.0 Å². The van der Waals surface area contributed by atoms with Gasteiger partial charge in [-0.05, 0) is 24.8 Å². The Hall–Kier alpha value is -4.49. The molecule has 4 aromatic rings. The number of aryl methyl sites for hydroxylation is 2. The Morgan fingerprint density at radius 2 is 2.24 bits per heavy atom. The Kier molecular flexibility index (Phi) is 6.13. The van der Waals surface area contributed by atoms with Crippen LogP contribution in [-0.2, 0) is 17.7 Å². The first-order valence-corrected chi connectivity index (χ1v) is 12.4. The zero-order chi connectivity index (χ0) is 26.2. The third kappa shape index (κ3) is 4.31. The van der Waals surface area contributed by atoms with Crippen molar-refractivity contribution < 1.29 is 18.8 Å². The fourth-order valence-electron chi connectivity index (χ4n) is 5.08. The molecule has 9 nitrogen and oxygen atoms in total. The first-order chi connectivity index (χ1) is 18.5. The van der Waals surface area contributed by atoms with Crippen LogP contribution in [0.15, 0.2) is 42.7 Å². The predicted molar refractivity (Wildman–Crippen MR) is 140 cm³/mol. The van der Waals surface area contributed by atoms with E-state index in [9.17, 15) is 14.5 Å². The Balaban J connectivity index is 1.48. The number of ether oxygens (including phenoxy) is 2. The number of aromatic nitrogens is 3. The molecule has 192 valence electrons. The van der Waals surface area contributed by atoms with Crippen LogP contribution in [0.4, 0.5) is 21.7 Å². The topological polar surface area (TPSA) is 104 Å². The van der Waals surface area contributed by atoms with Gasteiger partial charge in [0.15, 0.2) is 0 Å². The molecule has 0 spiro atoms. The highest BCUT2D eigenvalue weighted by atomic mass is 19.1. The maximum atomic E-state index is 14.2. The maximum absolute atomic E-state index is 14.2. The molecule has 1 unspecified atom stereocenters. The maximum Gasteiger partial charge on any atom is 0.307 e. The summed E-state index contributed by atoms with van der Waals surface area (Å²) >= 11 is 0. The second-order valence-corrected chi connectivity index (χ2v) is 9.32. The molecule has 2 aromatic heterocycles. The lowest BCUT2D eigenvalue weighted by molar-refractivity contribution is -0.387. The smallest absolute Gasteiger partial charge is 0.307 e. The molecule has 0 radical (unpaired) electrons. The Morgan fingerprint density at radius 3 is 3.03 bits per heavy atom. The van der Waals surface area contributed by atoms with Gasteiger partial charge in [0, 0.05) is 54.5 Å². The van der Waals surface area contributed by atoms with Gasteiger partial charge >= 0.3 is 5.69 Å². The van der Waals surface area contributed by atoms with E-state index in [2.05, 4.69) is 51.1 Å². The molecule has 2 aliphatic rings. The van der Waals surface area contributed by atoms with Gasteiger partial charge in [-0.2, -0.15) is 4.39 Å². The van der Waals surface area contributed by atoms with Gasteiger partial charge < -0.3 is 19.4 Å². The number of nitro groups is 1. The van der Waals surface area contributed by atoms with E-state index in [1.807, 2.05) is 0 Å². The van der Waals surface area contributed by atoms with Crippen LogP contribution in [0.3, 0.4) is 0 Å². The zero-order valence-electron chi connectivity index (χ0n) is 20.7. The van der Waals surface area contributed by atoms with Crippen LogP contribution in [0.5, 0.6) is 5.75 Å². The number of hydrogen-bond donors (Lipinski definition) is 1. The third-order valence-electron chi connectivity index (χ3n) is 6.92. The number of nitrogens with zero attached hydrogens (tertiary/aromatic N) is 4. The number of benzene rings is 2. The molecule has 4 heterocycles. The van der Waals surface area contributed by atoms with Crippen molar-refractivity contribution in [1.82, 2.24) is 14.5 Å². The molecule has 0 amide bonds. The van der Waals surface area contributed by atoms with E-state index in [0.717, 1.165) is 48.9 Å². The Bertz CT molecular complexity index is 1630. The highest BCUT2D eigenvalue weighted by Gasteiger charge is 2.22. The van der Waals surface area contributed by atoms with Crippen LogP contribution in [0.25, 0.3) is 22.2 Å². The van der Waals surface area contributed by atoms with Crippen molar-refractivity contribution >= 4 is 28.2 Å². The van der Waals surface area contributed by atoms with Crippen LogP contribution in [-0.4, -0.2) is 39.8 Å². The molecule has 0 aliphatic carbocycles. The van der Waals surface area contributed by atoms with Gasteiger partial charge in [-0.25, -0.2) is 9.97 Å². The second kappa shape index (κ2) is 9.76. The third-order valence-corrected chi connectivity index (χ3v) is 6.92. The van der Waals surface area contributed by atoms with Gasteiger partial charge in [0.05, 0.1) is 41.1 Å². The fourth-order valence-corrected chi connectivity index (χ4v) is 5.08. The summed E-state index contributed by atoms with van der Waals surface area (Å²) in [7, 11) is 1.36. The minimum Gasteiger partial charge on any atom is -0.494 e. The monoisotopic (exact) mass is 513 g/mol. The van der Waals surface area contributed by atoms with E-state index in [-0.39, 0.29) is 23.3 Å². The molecule has 1 atom stereocenters. The van der Waals surface area contributed by atoms with Gasteiger partial charge in [-0.15, -0.1) is 0 Å². The highest BCUT2D eigenvalue weighted by Crippen LogP contribution is 2.37. The number of halogens is 1. The number of nitrogens with one attached hydrogen (secondary N) is 1. The van der Waals surface area contributed by atoms with E-state index in [1.54, 1.807) is 6.20 Å². The van der Waals surface area contributed by atoms with E-state index >= 15 is 0 Å². The van der Waals surface area contributed by atoms with Crippen molar-refractivity contribution in [2.45, 2.75) is 25.8 Å². The number of anilines is 2. The summed E-state index contributed by atoms with van der Waals surface area (Å²) in [6.07, 6.45) is 6.72. The fraction of sp³-hybridized carbons (Fsp3) is 0.286. The van der Waals surface area contributed by atoms with E-state index in [4.69, 9.17) is 14.5 Å². The normalized spacial score (nSPS) is 16.2. The molecular weight excluding hydrogens is 489 g/mol. The van der Waals surface area contributed by atoms with Gasteiger partial charge in [0.2, 0.25) is 11.8 Å². The molecule has 1 fully saturated rings. The number of nitro benzene ring substituents is 1. The summed E-state index contributed by atoms with van der Waals surface area (Å²) in [5.74, 6) is 6.00. The van der Waals surface area contributed by atoms with Crippen molar-refractivity contribution in [2.24, 2.45) is 5.92 Å². The number of hydrogen-bond acceptors (Lipinski definition) is 7. The molecule has 0 saturated carbocycles. The zero-order valence-corrected chi connectivity index (χ0v) is 20.7. The molecule has 38 heavy (non-hydrogen) atoms. The van der Waals surface area contributed by atoms with Crippen LogP contribution < -0.4 is 10.1 Å².